The normalized spacial score (nSPS) is 11.9. The second-order valence-electron chi connectivity index (χ2n) is 9.16. The highest BCUT2D eigenvalue weighted by Crippen LogP contribution is 2.28. The van der Waals surface area contributed by atoms with Gasteiger partial charge < -0.3 is 10.6 Å². The van der Waals surface area contributed by atoms with Crippen LogP contribution in [0.1, 0.15) is 52.7 Å². The molecule has 0 spiro atoms. The van der Waals surface area contributed by atoms with Crippen molar-refractivity contribution < 1.29 is 0 Å². The highest BCUT2D eigenvalue weighted by atomic mass is 15.1. The van der Waals surface area contributed by atoms with Gasteiger partial charge in [0.05, 0.1) is 0 Å². The predicted octanol–water partition coefficient (Wildman–Crippen LogP) is 6.56. The lowest BCUT2D eigenvalue weighted by Crippen LogP contribution is -2.11. The van der Waals surface area contributed by atoms with E-state index < -0.39 is 0 Å². The van der Waals surface area contributed by atoms with Crippen molar-refractivity contribution in [1.29, 1.82) is 0 Å². The van der Waals surface area contributed by atoms with E-state index in [-0.39, 0.29) is 10.8 Å². The van der Waals surface area contributed by atoms with Crippen LogP contribution in [0.3, 0.4) is 0 Å². The van der Waals surface area contributed by atoms with Crippen LogP contribution in [-0.2, 0) is 10.8 Å². The average molecular weight is 375 g/mol. The van der Waals surface area contributed by atoms with E-state index in [1.807, 2.05) is 0 Å². The Hall–Kier alpha value is -2.88. The van der Waals surface area contributed by atoms with Crippen LogP contribution >= 0.6 is 0 Å². The van der Waals surface area contributed by atoms with Crippen molar-refractivity contribution in [2.45, 2.75) is 52.4 Å². The van der Waals surface area contributed by atoms with Crippen LogP contribution < -0.4 is 10.6 Å². The second kappa shape index (κ2) is 7.63. The summed E-state index contributed by atoms with van der Waals surface area (Å²) in [6.45, 7) is 13.3. The van der Waals surface area contributed by atoms with Crippen molar-refractivity contribution in [2.24, 2.45) is 0 Å². The number of nitrogens with zero attached hydrogens (tertiary/aromatic N) is 2. The number of benzene rings is 2. The van der Waals surface area contributed by atoms with Gasteiger partial charge in [-0.05, 0) is 46.2 Å². The number of anilines is 4. The van der Waals surface area contributed by atoms with E-state index in [0.717, 1.165) is 11.4 Å². The van der Waals surface area contributed by atoms with Crippen molar-refractivity contribution >= 4 is 23.0 Å². The number of hydrogen-bond donors (Lipinski definition) is 2. The first kappa shape index (κ1) is 19.9. The van der Waals surface area contributed by atoms with Crippen molar-refractivity contribution in [2.75, 3.05) is 10.6 Å². The smallest absolute Gasteiger partial charge is 0.173 e. The SMILES string of the molecule is CC(C)(C)c1ccc(Nc2nccnc2Nc2ccc(C(C)(C)C)cc2)cc1. The topological polar surface area (TPSA) is 49.8 Å². The second-order valence-corrected chi connectivity index (χ2v) is 9.16. The van der Waals surface area contributed by atoms with Crippen LogP contribution in [-0.4, -0.2) is 9.97 Å². The van der Waals surface area contributed by atoms with Gasteiger partial charge in [-0.15, -0.1) is 0 Å². The van der Waals surface area contributed by atoms with Gasteiger partial charge in [-0.1, -0.05) is 65.8 Å². The van der Waals surface area contributed by atoms with Crippen molar-refractivity contribution in [3.05, 3.63) is 72.1 Å². The van der Waals surface area contributed by atoms with Crippen LogP contribution in [0, 0.1) is 0 Å². The fourth-order valence-electron chi connectivity index (χ4n) is 2.90. The van der Waals surface area contributed by atoms with Gasteiger partial charge in [0.1, 0.15) is 0 Å². The zero-order valence-corrected chi connectivity index (χ0v) is 17.7. The van der Waals surface area contributed by atoms with Gasteiger partial charge in [-0.3, -0.25) is 0 Å². The summed E-state index contributed by atoms with van der Waals surface area (Å²) in [5.74, 6) is 1.40. The molecule has 3 aromatic rings. The van der Waals surface area contributed by atoms with E-state index in [2.05, 4.69) is 111 Å². The molecule has 0 atom stereocenters. The number of aromatic nitrogens is 2. The molecule has 0 unspecified atom stereocenters. The summed E-state index contributed by atoms with van der Waals surface area (Å²) in [6.07, 6.45) is 3.39. The summed E-state index contributed by atoms with van der Waals surface area (Å²) in [4.78, 5) is 8.92. The number of nitrogens with one attached hydrogen (secondary N) is 2. The zero-order valence-electron chi connectivity index (χ0n) is 17.7. The number of hydrogen-bond acceptors (Lipinski definition) is 4. The van der Waals surface area contributed by atoms with Crippen molar-refractivity contribution in [3.8, 4) is 0 Å². The summed E-state index contributed by atoms with van der Waals surface area (Å²) >= 11 is 0. The van der Waals surface area contributed by atoms with Gasteiger partial charge in [0.15, 0.2) is 11.6 Å². The van der Waals surface area contributed by atoms with Crippen molar-refractivity contribution in [3.63, 3.8) is 0 Å². The van der Waals surface area contributed by atoms with E-state index in [0.29, 0.717) is 11.6 Å². The van der Waals surface area contributed by atoms with Crippen LogP contribution in [0.2, 0.25) is 0 Å². The third-order valence-corrected chi connectivity index (χ3v) is 4.73. The first-order chi connectivity index (χ1) is 13.1. The fraction of sp³-hybridized carbons (Fsp3) is 0.333. The molecule has 1 heterocycles. The molecule has 0 bridgehead atoms. The van der Waals surface area contributed by atoms with Crippen LogP contribution in [0.25, 0.3) is 0 Å². The fourth-order valence-corrected chi connectivity index (χ4v) is 2.90. The van der Waals surface area contributed by atoms with E-state index in [9.17, 15) is 0 Å². The van der Waals surface area contributed by atoms with Crippen LogP contribution in [0.5, 0.6) is 0 Å². The van der Waals surface area contributed by atoms with E-state index in [1.54, 1.807) is 12.4 Å². The first-order valence-corrected chi connectivity index (χ1v) is 9.69. The molecule has 4 nitrogen and oxygen atoms in total. The Morgan fingerprint density at radius 3 is 1.14 bits per heavy atom. The third-order valence-electron chi connectivity index (χ3n) is 4.73. The maximum atomic E-state index is 4.46. The Morgan fingerprint density at radius 1 is 0.536 bits per heavy atom. The Bertz CT molecular complexity index is 836. The standard InChI is InChI=1S/C24H30N4/c1-23(2,3)17-7-11-19(12-8-17)27-21-22(26-16-15-25-21)28-20-13-9-18(10-14-20)24(4,5)6/h7-16H,1-6H3,(H,25,27)(H,26,28). The zero-order chi connectivity index (χ0) is 20.4. The lowest BCUT2D eigenvalue weighted by Gasteiger charge is -2.20. The molecule has 2 aromatic carbocycles. The molecule has 0 aliphatic carbocycles. The monoisotopic (exact) mass is 374 g/mol. The molecule has 4 heteroatoms. The van der Waals surface area contributed by atoms with Gasteiger partial charge in [0.2, 0.25) is 0 Å². The van der Waals surface area contributed by atoms with Gasteiger partial charge in [-0.25, -0.2) is 9.97 Å². The molecule has 28 heavy (non-hydrogen) atoms. The lowest BCUT2D eigenvalue weighted by atomic mass is 9.87. The van der Waals surface area contributed by atoms with Crippen LogP contribution in [0.15, 0.2) is 60.9 Å². The highest BCUT2D eigenvalue weighted by Gasteiger charge is 2.14. The minimum atomic E-state index is 0.136. The molecule has 3 rings (SSSR count). The van der Waals surface area contributed by atoms with Crippen LogP contribution in [0.4, 0.5) is 23.0 Å². The molecule has 146 valence electrons. The first-order valence-electron chi connectivity index (χ1n) is 9.69. The highest BCUT2D eigenvalue weighted by molar-refractivity contribution is 5.72. The molecule has 0 saturated heterocycles. The quantitative estimate of drug-likeness (QED) is 0.543. The van der Waals surface area contributed by atoms with E-state index in [4.69, 9.17) is 0 Å². The Balaban J connectivity index is 1.78. The molecular formula is C24H30N4. The van der Waals surface area contributed by atoms with Gasteiger partial charge >= 0.3 is 0 Å². The average Bonchev–Trinajstić information content (AvgIpc) is 2.63. The Labute approximate surface area is 168 Å². The Morgan fingerprint density at radius 2 is 0.857 bits per heavy atom. The largest absolute Gasteiger partial charge is 0.337 e. The maximum Gasteiger partial charge on any atom is 0.173 e. The molecule has 0 aliphatic heterocycles. The predicted molar refractivity (Wildman–Crippen MR) is 119 cm³/mol. The molecule has 0 saturated carbocycles. The molecule has 0 fully saturated rings. The Kier molecular flexibility index (Phi) is 5.41. The minimum absolute atomic E-state index is 0.136. The summed E-state index contributed by atoms with van der Waals surface area (Å²) < 4.78 is 0. The maximum absolute atomic E-state index is 4.46. The lowest BCUT2D eigenvalue weighted by molar-refractivity contribution is 0.590. The molecule has 2 N–H and O–H groups in total. The molecule has 0 amide bonds. The molecule has 1 aromatic heterocycles. The number of rotatable bonds is 4. The summed E-state index contributed by atoms with van der Waals surface area (Å²) in [5, 5.41) is 6.74. The molecule has 0 radical (unpaired) electrons. The minimum Gasteiger partial charge on any atom is -0.337 e. The van der Waals surface area contributed by atoms with Gasteiger partial charge in [0.25, 0.3) is 0 Å². The third kappa shape index (κ3) is 4.89. The van der Waals surface area contributed by atoms with Crippen molar-refractivity contribution in [1.82, 2.24) is 9.97 Å². The summed E-state index contributed by atoms with van der Waals surface area (Å²) in [7, 11) is 0. The summed E-state index contributed by atoms with van der Waals surface area (Å²) in [6, 6.07) is 16.9. The van der Waals surface area contributed by atoms with E-state index >= 15 is 0 Å². The summed E-state index contributed by atoms with van der Waals surface area (Å²) in [5.41, 5.74) is 4.84. The van der Waals surface area contributed by atoms with Gasteiger partial charge in [-0.2, -0.15) is 0 Å². The molecular weight excluding hydrogens is 344 g/mol. The van der Waals surface area contributed by atoms with Gasteiger partial charge in [0, 0.05) is 23.8 Å². The molecule has 0 aliphatic rings. The van der Waals surface area contributed by atoms with E-state index in [1.165, 1.54) is 11.1 Å².